The molecule has 0 saturated heterocycles. The quantitative estimate of drug-likeness (QED) is 0.163. The summed E-state index contributed by atoms with van der Waals surface area (Å²) in [5.74, 6) is 0.957. The average Bonchev–Trinajstić information content (AvgIpc) is 3.49. The van der Waals surface area contributed by atoms with E-state index in [0.717, 1.165) is 50.4 Å². The Morgan fingerprint density at radius 1 is 0.417 bits per heavy atom. The lowest BCUT2D eigenvalue weighted by atomic mass is 9.89. The molecule has 0 radical (unpaired) electrons. The van der Waals surface area contributed by atoms with Crippen LogP contribution in [0.2, 0.25) is 0 Å². The number of nitrogens with zero attached hydrogens (tertiary/aromatic N) is 2. The third kappa shape index (κ3) is 5.65. The molecule has 8 aromatic rings. The van der Waals surface area contributed by atoms with E-state index in [1.807, 2.05) is 12.1 Å². The fourth-order valence-corrected chi connectivity index (χ4v) is 6.62. The van der Waals surface area contributed by atoms with Gasteiger partial charge in [-0.1, -0.05) is 176 Å². The van der Waals surface area contributed by atoms with E-state index in [-0.39, 0.29) is 0 Å². The highest BCUT2D eigenvalue weighted by Crippen LogP contribution is 2.44. The summed E-state index contributed by atoms with van der Waals surface area (Å²) in [4.78, 5) is 5.32. The van der Waals surface area contributed by atoms with Crippen molar-refractivity contribution in [3.8, 4) is 27.9 Å². The van der Waals surface area contributed by atoms with Crippen molar-refractivity contribution in [1.82, 2.24) is 9.55 Å². The van der Waals surface area contributed by atoms with E-state index in [9.17, 15) is 0 Å². The lowest BCUT2D eigenvalue weighted by molar-refractivity contribution is 1.00. The summed E-state index contributed by atoms with van der Waals surface area (Å²) < 4.78 is 2.32. The van der Waals surface area contributed by atoms with Crippen molar-refractivity contribution in [3.63, 3.8) is 0 Å². The summed E-state index contributed by atoms with van der Waals surface area (Å²) in [5, 5.41) is 2.40. The van der Waals surface area contributed by atoms with Gasteiger partial charge in [-0.25, -0.2) is 4.98 Å². The summed E-state index contributed by atoms with van der Waals surface area (Å²) >= 11 is 0. The van der Waals surface area contributed by atoms with Crippen molar-refractivity contribution in [2.75, 3.05) is 0 Å². The van der Waals surface area contributed by atoms with Crippen LogP contribution in [-0.2, 0) is 0 Å². The second-order valence-corrected chi connectivity index (χ2v) is 12.1. The van der Waals surface area contributed by atoms with Crippen molar-refractivity contribution < 1.29 is 0 Å². The van der Waals surface area contributed by atoms with E-state index in [2.05, 4.69) is 187 Å². The molecule has 0 amide bonds. The lowest BCUT2D eigenvalue weighted by Crippen LogP contribution is -1.99. The fourth-order valence-electron chi connectivity index (χ4n) is 6.62. The Bertz CT molecular complexity index is 2400. The number of para-hydroxylation sites is 1. The van der Waals surface area contributed by atoms with Gasteiger partial charge in [-0.3, -0.25) is 4.57 Å². The van der Waals surface area contributed by atoms with Gasteiger partial charge in [0.1, 0.15) is 5.82 Å². The largest absolute Gasteiger partial charge is 0.296 e. The molecule has 8 rings (SSSR count). The van der Waals surface area contributed by atoms with Gasteiger partial charge in [0.25, 0.3) is 0 Å². The second kappa shape index (κ2) is 12.9. The molecule has 7 aromatic carbocycles. The number of hydrogen-bond donors (Lipinski definition) is 0. The number of rotatable bonds is 7. The molecule has 0 saturated carbocycles. The van der Waals surface area contributed by atoms with E-state index >= 15 is 0 Å². The van der Waals surface area contributed by atoms with Crippen LogP contribution in [0.3, 0.4) is 0 Å². The molecule has 2 heteroatoms. The van der Waals surface area contributed by atoms with Gasteiger partial charge in [-0.2, -0.15) is 0 Å². The monoisotopic (exact) mass is 614 g/mol. The van der Waals surface area contributed by atoms with Crippen LogP contribution >= 0.6 is 0 Å². The molecule has 1 heterocycles. The SMILES string of the molecule is Cc1nc2c(-c3ccc(/C=C/c4ccccc4)cc3)c3ccccc3c(-c3ccc(/C=C/c4ccccc4)cc3)c2n1-c1ccccc1. The third-order valence-electron chi connectivity index (χ3n) is 8.93. The van der Waals surface area contributed by atoms with Gasteiger partial charge in [0, 0.05) is 16.8 Å². The summed E-state index contributed by atoms with van der Waals surface area (Å²) in [5.41, 5.74) is 12.6. The normalized spacial score (nSPS) is 11.7. The predicted molar refractivity (Wildman–Crippen MR) is 205 cm³/mol. The highest BCUT2D eigenvalue weighted by molar-refractivity contribution is 6.20. The van der Waals surface area contributed by atoms with Crippen molar-refractivity contribution >= 4 is 46.1 Å². The van der Waals surface area contributed by atoms with E-state index in [1.165, 1.54) is 27.5 Å². The Hall–Kier alpha value is -6.25. The van der Waals surface area contributed by atoms with Crippen molar-refractivity contribution in [3.05, 3.63) is 192 Å². The van der Waals surface area contributed by atoms with Crippen molar-refractivity contribution in [2.24, 2.45) is 0 Å². The molecule has 0 aliphatic heterocycles. The minimum atomic E-state index is 0.957. The van der Waals surface area contributed by atoms with Gasteiger partial charge in [-0.05, 0) is 63.2 Å². The van der Waals surface area contributed by atoms with Gasteiger partial charge in [0.05, 0.1) is 11.0 Å². The third-order valence-corrected chi connectivity index (χ3v) is 8.93. The average molecular weight is 615 g/mol. The zero-order valence-electron chi connectivity index (χ0n) is 26.8. The molecule has 0 atom stereocenters. The maximum Gasteiger partial charge on any atom is 0.111 e. The van der Waals surface area contributed by atoms with Crippen LogP contribution in [0.25, 0.3) is 74.1 Å². The van der Waals surface area contributed by atoms with Crippen LogP contribution in [0.15, 0.2) is 164 Å². The number of fused-ring (bicyclic) bond motifs is 2. The molecular formula is C46H34N2. The Morgan fingerprint density at radius 2 is 0.812 bits per heavy atom. The molecule has 0 bridgehead atoms. The topological polar surface area (TPSA) is 17.8 Å². The Labute approximate surface area is 281 Å². The van der Waals surface area contributed by atoms with Crippen LogP contribution in [0.1, 0.15) is 28.1 Å². The first-order valence-corrected chi connectivity index (χ1v) is 16.4. The number of benzene rings is 7. The van der Waals surface area contributed by atoms with Crippen LogP contribution in [0.5, 0.6) is 0 Å². The molecule has 0 aliphatic rings. The van der Waals surface area contributed by atoms with E-state index < -0.39 is 0 Å². The van der Waals surface area contributed by atoms with Crippen LogP contribution < -0.4 is 0 Å². The number of imidazole rings is 1. The highest BCUT2D eigenvalue weighted by Gasteiger charge is 2.23. The summed E-state index contributed by atoms with van der Waals surface area (Å²) in [6, 6.07) is 58.0. The minimum absolute atomic E-state index is 0.957. The van der Waals surface area contributed by atoms with Gasteiger partial charge in [0.15, 0.2) is 0 Å². The summed E-state index contributed by atoms with van der Waals surface area (Å²) in [6.45, 7) is 2.11. The molecule has 0 spiro atoms. The molecular weight excluding hydrogens is 581 g/mol. The first-order valence-electron chi connectivity index (χ1n) is 16.4. The Balaban J connectivity index is 1.31. The first kappa shape index (κ1) is 29.2. The standard InChI is InChI=1S/C46H34N2/c1-33-47-45-43(38-29-25-36(26-30-38)23-21-34-13-5-2-6-14-34)41-19-11-12-20-42(41)44(46(45)48(33)40-17-9-4-10-18-40)39-31-27-37(28-32-39)24-22-35-15-7-3-8-16-35/h2-32H,1H3/b23-21+,24-22+. The molecule has 228 valence electrons. The van der Waals surface area contributed by atoms with E-state index in [0.29, 0.717) is 0 Å². The molecule has 48 heavy (non-hydrogen) atoms. The molecule has 0 aliphatic carbocycles. The second-order valence-electron chi connectivity index (χ2n) is 12.1. The molecule has 2 nitrogen and oxygen atoms in total. The van der Waals surface area contributed by atoms with E-state index in [4.69, 9.17) is 4.98 Å². The predicted octanol–water partition coefficient (Wildman–Crippen LogP) is 12.2. The zero-order chi connectivity index (χ0) is 32.3. The van der Waals surface area contributed by atoms with Crippen LogP contribution in [-0.4, -0.2) is 9.55 Å². The Morgan fingerprint density at radius 3 is 1.31 bits per heavy atom. The molecule has 0 unspecified atom stereocenters. The maximum absolute atomic E-state index is 5.32. The fraction of sp³-hybridized carbons (Fsp3) is 0.0217. The van der Waals surface area contributed by atoms with Gasteiger partial charge >= 0.3 is 0 Å². The van der Waals surface area contributed by atoms with Gasteiger partial charge in [-0.15, -0.1) is 0 Å². The zero-order valence-corrected chi connectivity index (χ0v) is 26.8. The lowest BCUT2D eigenvalue weighted by Gasteiger charge is -2.17. The number of aromatic nitrogens is 2. The highest BCUT2D eigenvalue weighted by atomic mass is 15.1. The van der Waals surface area contributed by atoms with Crippen molar-refractivity contribution in [2.45, 2.75) is 6.92 Å². The Kier molecular flexibility index (Phi) is 7.82. The number of aryl methyl sites for hydroxylation is 1. The van der Waals surface area contributed by atoms with E-state index in [1.54, 1.807) is 0 Å². The smallest absolute Gasteiger partial charge is 0.111 e. The summed E-state index contributed by atoms with van der Waals surface area (Å²) in [7, 11) is 0. The van der Waals surface area contributed by atoms with Crippen LogP contribution in [0, 0.1) is 6.92 Å². The van der Waals surface area contributed by atoms with Crippen molar-refractivity contribution in [1.29, 1.82) is 0 Å². The van der Waals surface area contributed by atoms with Crippen LogP contribution in [0.4, 0.5) is 0 Å². The van der Waals surface area contributed by atoms with Gasteiger partial charge < -0.3 is 0 Å². The molecule has 1 aromatic heterocycles. The molecule has 0 N–H and O–H groups in total. The van der Waals surface area contributed by atoms with Gasteiger partial charge in [0.2, 0.25) is 0 Å². The maximum atomic E-state index is 5.32. The first-order chi connectivity index (χ1) is 23.7. The number of hydrogen-bond acceptors (Lipinski definition) is 1. The minimum Gasteiger partial charge on any atom is -0.296 e. The molecule has 0 fully saturated rings. The summed E-state index contributed by atoms with van der Waals surface area (Å²) in [6.07, 6.45) is 8.66.